The van der Waals surface area contributed by atoms with E-state index in [1.165, 1.54) is 11.1 Å². The van der Waals surface area contributed by atoms with Crippen molar-refractivity contribution in [3.8, 4) is 11.5 Å². The van der Waals surface area contributed by atoms with Crippen LogP contribution in [0, 0.1) is 13.8 Å². The summed E-state index contributed by atoms with van der Waals surface area (Å²) in [5, 5.41) is 0.321. The molecule has 2 aromatic rings. The van der Waals surface area contributed by atoms with Crippen molar-refractivity contribution in [3.63, 3.8) is 0 Å². The van der Waals surface area contributed by atoms with Gasteiger partial charge in [0.25, 0.3) is 0 Å². The zero-order chi connectivity index (χ0) is 18.1. The highest BCUT2D eigenvalue weighted by atomic mass is 35.5. The topological polar surface area (TPSA) is 18.5 Å². The molecule has 0 fully saturated rings. The van der Waals surface area contributed by atoms with E-state index < -0.39 is 0 Å². The van der Waals surface area contributed by atoms with Crippen molar-refractivity contribution in [1.82, 2.24) is 0 Å². The Bertz CT molecular complexity index is 561. The lowest BCUT2D eigenvalue weighted by molar-refractivity contribution is 0.315. The van der Waals surface area contributed by atoms with Crippen LogP contribution in [-0.2, 0) is 0 Å². The molecule has 0 aliphatic heterocycles. The van der Waals surface area contributed by atoms with Crippen molar-refractivity contribution >= 4 is 35.0 Å². The Balaban J connectivity index is 1.80. The van der Waals surface area contributed by atoms with Crippen LogP contribution in [0.15, 0.2) is 48.5 Å². The zero-order valence-electron chi connectivity index (χ0n) is 14.6. The molecule has 0 aliphatic carbocycles. The molecule has 0 aliphatic rings. The van der Waals surface area contributed by atoms with Crippen LogP contribution in [-0.4, -0.2) is 35.5 Å². The first kappa shape index (κ1) is 20.3. The molecule has 0 bridgehead atoms. The van der Waals surface area contributed by atoms with Gasteiger partial charge in [0.15, 0.2) is 0 Å². The molecule has 0 spiro atoms. The minimum Gasteiger partial charge on any atom is -0.492 e. The second-order valence-electron chi connectivity index (χ2n) is 5.94. The number of hydrogen-bond donors (Lipinski definition) is 0. The van der Waals surface area contributed by atoms with Gasteiger partial charge in [0.05, 0.1) is 10.5 Å². The minimum atomic E-state index is 0.160. The first-order valence-corrected chi connectivity index (χ1v) is 10.3. The van der Waals surface area contributed by atoms with Crippen LogP contribution in [0.1, 0.15) is 11.1 Å². The zero-order valence-corrected chi connectivity index (χ0v) is 16.9. The minimum absolute atomic E-state index is 0.160. The molecule has 0 aromatic heterocycles. The highest BCUT2D eigenvalue weighted by Crippen LogP contribution is 2.23. The summed E-state index contributed by atoms with van der Waals surface area (Å²) in [7, 11) is 0. The van der Waals surface area contributed by atoms with Gasteiger partial charge < -0.3 is 9.47 Å². The number of benzene rings is 2. The molecule has 0 saturated carbocycles. The molecule has 5 heteroatoms. The summed E-state index contributed by atoms with van der Waals surface area (Å²) in [6.45, 7) is 5.21. The fraction of sp³-hybridized carbons (Fsp3) is 0.400. The van der Waals surface area contributed by atoms with E-state index in [0.717, 1.165) is 11.5 Å². The van der Waals surface area contributed by atoms with Crippen molar-refractivity contribution in [2.24, 2.45) is 0 Å². The third-order valence-corrected chi connectivity index (χ3v) is 6.13. The maximum Gasteiger partial charge on any atom is 0.119 e. The monoisotopic (exact) mass is 398 g/mol. The number of rotatable bonds is 10. The average Bonchev–Trinajstić information content (AvgIpc) is 2.64. The van der Waals surface area contributed by atoms with E-state index in [0.29, 0.717) is 25.0 Å². The smallest absolute Gasteiger partial charge is 0.119 e. The lowest BCUT2D eigenvalue weighted by Crippen LogP contribution is -2.25. The number of aryl methyl sites for hydroxylation is 2. The van der Waals surface area contributed by atoms with Crippen molar-refractivity contribution in [2.45, 2.75) is 24.3 Å². The number of halogens is 2. The van der Waals surface area contributed by atoms with Crippen molar-refractivity contribution in [1.29, 1.82) is 0 Å². The van der Waals surface area contributed by atoms with Crippen LogP contribution in [0.3, 0.4) is 0 Å². The van der Waals surface area contributed by atoms with E-state index in [1.54, 1.807) is 11.8 Å². The molecule has 2 nitrogen and oxygen atoms in total. The first-order valence-electron chi connectivity index (χ1n) is 8.27. The summed E-state index contributed by atoms with van der Waals surface area (Å²) >= 11 is 13.9. The SMILES string of the molecule is Cc1ccc(OCC(CCl)SC(CCl)COc2ccc(C)cc2)cc1. The van der Waals surface area contributed by atoms with E-state index in [-0.39, 0.29) is 10.5 Å². The van der Waals surface area contributed by atoms with Gasteiger partial charge in [-0.15, -0.1) is 35.0 Å². The van der Waals surface area contributed by atoms with Gasteiger partial charge in [0, 0.05) is 11.8 Å². The number of hydrogen-bond acceptors (Lipinski definition) is 3. The summed E-state index contributed by atoms with van der Waals surface area (Å²) in [6, 6.07) is 16.1. The summed E-state index contributed by atoms with van der Waals surface area (Å²) in [6.07, 6.45) is 0. The maximum atomic E-state index is 6.11. The highest BCUT2D eigenvalue weighted by Gasteiger charge is 2.17. The molecular weight excluding hydrogens is 375 g/mol. The lowest BCUT2D eigenvalue weighted by atomic mass is 10.2. The van der Waals surface area contributed by atoms with Gasteiger partial charge in [-0.25, -0.2) is 0 Å². The summed E-state index contributed by atoms with van der Waals surface area (Å²) in [5.74, 6) is 2.74. The van der Waals surface area contributed by atoms with Gasteiger partial charge >= 0.3 is 0 Å². The number of alkyl halides is 2. The molecule has 0 saturated heterocycles. The Labute approximate surface area is 164 Å². The van der Waals surface area contributed by atoms with Crippen LogP contribution in [0.4, 0.5) is 0 Å². The van der Waals surface area contributed by atoms with Gasteiger partial charge in [-0.05, 0) is 38.1 Å². The standard InChI is InChI=1S/C20H24Cl2O2S/c1-15-3-7-17(8-4-15)23-13-19(11-21)25-20(12-22)14-24-18-9-5-16(2)6-10-18/h3-10,19-20H,11-14H2,1-2H3. The first-order chi connectivity index (χ1) is 12.1. The number of thioether (sulfide) groups is 1. The van der Waals surface area contributed by atoms with Crippen LogP contribution >= 0.6 is 35.0 Å². The van der Waals surface area contributed by atoms with Gasteiger partial charge in [-0.2, -0.15) is 0 Å². The van der Waals surface area contributed by atoms with E-state index in [9.17, 15) is 0 Å². The predicted molar refractivity (Wildman–Crippen MR) is 110 cm³/mol. The lowest BCUT2D eigenvalue weighted by Gasteiger charge is -2.21. The second-order valence-corrected chi connectivity index (χ2v) is 8.16. The molecule has 2 rings (SSSR count). The Morgan fingerprint density at radius 3 is 1.40 bits per heavy atom. The van der Waals surface area contributed by atoms with E-state index in [2.05, 4.69) is 13.8 Å². The number of ether oxygens (including phenoxy) is 2. The Morgan fingerprint density at radius 2 is 1.08 bits per heavy atom. The Hall–Kier alpha value is -1.03. The Kier molecular flexibility index (Phi) is 8.80. The van der Waals surface area contributed by atoms with Crippen LogP contribution in [0.25, 0.3) is 0 Å². The molecule has 0 radical (unpaired) electrons. The van der Waals surface area contributed by atoms with E-state index >= 15 is 0 Å². The van der Waals surface area contributed by atoms with E-state index in [4.69, 9.17) is 32.7 Å². The van der Waals surface area contributed by atoms with Crippen molar-refractivity contribution in [2.75, 3.05) is 25.0 Å². The fourth-order valence-corrected chi connectivity index (χ4v) is 3.76. The van der Waals surface area contributed by atoms with Gasteiger partial charge in [-0.1, -0.05) is 35.4 Å². The van der Waals surface area contributed by atoms with Crippen LogP contribution in [0.2, 0.25) is 0 Å². The largest absolute Gasteiger partial charge is 0.492 e. The molecule has 0 amide bonds. The van der Waals surface area contributed by atoms with E-state index in [1.807, 2.05) is 48.5 Å². The van der Waals surface area contributed by atoms with Gasteiger partial charge in [0.1, 0.15) is 24.7 Å². The molecule has 25 heavy (non-hydrogen) atoms. The molecular formula is C20H24Cl2O2S. The van der Waals surface area contributed by atoms with Crippen molar-refractivity contribution < 1.29 is 9.47 Å². The van der Waals surface area contributed by atoms with Crippen molar-refractivity contribution in [3.05, 3.63) is 59.7 Å². The summed E-state index contributed by atoms with van der Waals surface area (Å²) in [5.41, 5.74) is 2.43. The summed E-state index contributed by atoms with van der Waals surface area (Å²) in [4.78, 5) is 0. The average molecular weight is 399 g/mol. The second kappa shape index (κ2) is 10.8. The van der Waals surface area contributed by atoms with Gasteiger partial charge in [-0.3, -0.25) is 0 Å². The quantitative estimate of drug-likeness (QED) is 0.477. The predicted octanol–water partition coefficient (Wildman–Crippen LogP) is 5.71. The fourth-order valence-electron chi connectivity index (χ4n) is 2.16. The van der Waals surface area contributed by atoms with Crippen LogP contribution in [0.5, 0.6) is 11.5 Å². The normalized spacial score (nSPS) is 13.3. The maximum absolute atomic E-state index is 6.11. The molecule has 136 valence electrons. The highest BCUT2D eigenvalue weighted by molar-refractivity contribution is 8.00. The molecule has 0 N–H and O–H groups in total. The van der Waals surface area contributed by atoms with Crippen LogP contribution < -0.4 is 9.47 Å². The van der Waals surface area contributed by atoms with Gasteiger partial charge in [0.2, 0.25) is 0 Å². The molecule has 2 unspecified atom stereocenters. The molecule has 0 heterocycles. The summed E-state index contributed by atoms with van der Waals surface area (Å²) < 4.78 is 11.7. The molecule has 2 atom stereocenters. The Morgan fingerprint density at radius 1 is 0.720 bits per heavy atom. The third kappa shape index (κ3) is 7.39. The third-order valence-electron chi connectivity index (χ3n) is 3.64. The molecule has 2 aromatic carbocycles.